The molecule has 0 bridgehead atoms. The summed E-state index contributed by atoms with van der Waals surface area (Å²) in [6.07, 6.45) is 1.43. The average molecular weight is 198 g/mol. The van der Waals surface area contributed by atoms with Crippen molar-refractivity contribution in [2.45, 2.75) is 20.0 Å². The third-order valence-electron chi connectivity index (χ3n) is 1.61. The van der Waals surface area contributed by atoms with Gasteiger partial charge in [0.05, 0.1) is 6.10 Å². The van der Waals surface area contributed by atoms with E-state index in [4.69, 9.17) is 11.3 Å². The highest BCUT2D eigenvalue weighted by molar-refractivity contribution is 8.15. The number of aryl methyl sites for hydroxylation is 1. The van der Waals surface area contributed by atoms with Gasteiger partial charge in [0.1, 0.15) is 11.6 Å². The van der Waals surface area contributed by atoms with E-state index < -0.39 is 0 Å². The monoisotopic (exact) mass is 198 g/mol. The second-order valence-corrected chi connectivity index (χ2v) is 2.98. The average Bonchev–Trinajstić information content (AvgIpc) is 2.14. The summed E-state index contributed by atoms with van der Waals surface area (Å²) in [5, 5.41) is 0. The molecule has 0 aromatic carbocycles. The predicted octanol–water partition coefficient (Wildman–Crippen LogP) is 0.909. The summed E-state index contributed by atoms with van der Waals surface area (Å²) in [6.45, 7) is 3.61. The van der Waals surface area contributed by atoms with Crippen molar-refractivity contribution in [1.29, 1.82) is 1.34 Å². The first-order chi connectivity index (χ1) is 6.65. The Morgan fingerprint density at radius 1 is 1.85 bits per heavy atom. The highest BCUT2D eigenvalue weighted by atomic mass is 32.2. The first-order valence-corrected chi connectivity index (χ1v) is 4.57. The molecule has 0 aliphatic heterocycles. The standard InChI is InChI=1S/C7H11BN3OS/c1-4(12-13-8)6-3-10-5(2)11-7(6)9/h3-4,8H,1-2H3,(H2,9,10,11)/i8T. The van der Waals surface area contributed by atoms with Crippen molar-refractivity contribution < 1.29 is 4.18 Å². The van der Waals surface area contributed by atoms with E-state index in [0.717, 1.165) is 24.5 Å². The Labute approximate surface area is 84.2 Å². The minimum absolute atomic E-state index is 0.220. The Kier molecular flexibility index (Phi) is 3.04. The van der Waals surface area contributed by atoms with E-state index in [-0.39, 0.29) is 6.10 Å². The molecule has 0 saturated heterocycles. The molecule has 0 aliphatic rings. The summed E-state index contributed by atoms with van der Waals surface area (Å²) in [4.78, 5) is 8.05. The summed E-state index contributed by atoms with van der Waals surface area (Å²) in [6, 6.07) is 0. The number of hydrogen-bond donors (Lipinski definition) is 1. The van der Waals surface area contributed by atoms with E-state index >= 15 is 0 Å². The molecule has 6 heteroatoms. The van der Waals surface area contributed by atoms with Gasteiger partial charge in [-0.05, 0) is 15.2 Å². The SMILES string of the molecule is [3H][B]SOC(C)c1cnc(C)nc1N. The summed E-state index contributed by atoms with van der Waals surface area (Å²) in [5.74, 6) is 1.06. The topological polar surface area (TPSA) is 61.0 Å². The molecule has 1 unspecified atom stereocenters. The van der Waals surface area contributed by atoms with Crippen LogP contribution in [0.15, 0.2) is 6.20 Å². The van der Waals surface area contributed by atoms with Crippen molar-refractivity contribution >= 4 is 24.8 Å². The van der Waals surface area contributed by atoms with Crippen LogP contribution in [0.2, 0.25) is 0 Å². The molecule has 2 N–H and O–H groups in total. The molecule has 1 aromatic heterocycles. The highest BCUT2D eigenvalue weighted by Crippen LogP contribution is 2.23. The normalized spacial score (nSPS) is 13.5. The van der Waals surface area contributed by atoms with Crippen LogP contribution in [0.5, 0.6) is 0 Å². The van der Waals surface area contributed by atoms with Gasteiger partial charge in [0.15, 0.2) is 0 Å². The van der Waals surface area contributed by atoms with Crippen LogP contribution < -0.4 is 5.73 Å². The van der Waals surface area contributed by atoms with Crippen LogP contribution in [0.1, 0.15) is 24.4 Å². The van der Waals surface area contributed by atoms with Crippen molar-refractivity contribution in [2.75, 3.05) is 5.73 Å². The van der Waals surface area contributed by atoms with Crippen LogP contribution in [-0.4, -0.2) is 18.4 Å². The molecule has 69 valence electrons. The van der Waals surface area contributed by atoms with Crippen LogP contribution >= 0.6 is 11.9 Å². The molecular weight excluding hydrogens is 185 g/mol. The van der Waals surface area contributed by atoms with Gasteiger partial charge in [-0.2, -0.15) is 0 Å². The number of rotatable bonds is 4. The maximum Gasteiger partial charge on any atom is 0.209 e. The first-order valence-electron chi connectivity index (χ1n) is 4.34. The number of anilines is 1. The van der Waals surface area contributed by atoms with Gasteiger partial charge < -0.3 is 9.92 Å². The quantitative estimate of drug-likeness (QED) is 0.575. The highest BCUT2D eigenvalue weighted by Gasteiger charge is 2.10. The van der Waals surface area contributed by atoms with Crippen molar-refractivity contribution in [3.63, 3.8) is 0 Å². The lowest BCUT2D eigenvalue weighted by atomic mass is 10.2. The maximum absolute atomic E-state index is 6.80. The third-order valence-corrected chi connectivity index (χ3v) is 2.01. The van der Waals surface area contributed by atoms with Gasteiger partial charge in [0, 0.05) is 11.8 Å². The molecule has 0 fully saturated rings. The van der Waals surface area contributed by atoms with Crippen molar-refractivity contribution in [1.82, 2.24) is 9.97 Å². The van der Waals surface area contributed by atoms with Crippen molar-refractivity contribution in [2.24, 2.45) is 0 Å². The Hall–Kier alpha value is -0.745. The van der Waals surface area contributed by atoms with Crippen molar-refractivity contribution in [3.05, 3.63) is 17.6 Å². The van der Waals surface area contributed by atoms with Crippen molar-refractivity contribution in [3.8, 4) is 0 Å². The fourth-order valence-electron chi connectivity index (χ4n) is 0.945. The van der Waals surface area contributed by atoms with Crippen LogP contribution in [0, 0.1) is 6.92 Å². The molecule has 1 heterocycles. The van der Waals surface area contributed by atoms with Gasteiger partial charge in [0.2, 0.25) is 7.09 Å². The summed E-state index contributed by atoms with van der Waals surface area (Å²) < 4.78 is 12.0. The Morgan fingerprint density at radius 3 is 3.23 bits per heavy atom. The molecule has 4 nitrogen and oxygen atoms in total. The molecule has 0 amide bonds. The number of aromatic nitrogens is 2. The van der Waals surface area contributed by atoms with Gasteiger partial charge >= 0.3 is 0 Å². The third kappa shape index (κ3) is 2.60. The van der Waals surface area contributed by atoms with Crippen LogP contribution in [-0.2, 0) is 4.18 Å². The minimum atomic E-state index is -0.220. The van der Waals surface area contributed by atoms with Gasteiger partial charge in [-0.25, -0.2) is 9.97 Å². The number of nitrogens with two attached hydrogens (primary N) is 1. The fraction of sp³-hybridized carbons (Fsp3) is 0.429. The first kappa shape index (κ1) is 8.84. The van der Waals surface area contributed by atoms with Gasteiger partial charge in [-0.1, -0.05) is 11.9 Å². The van der Waals surface area contributed by atoms with E-state index in [1.165, 1.54) is 0 Å². The lowest BCUT2D eigenvalue weighted by Gasteiger charge is -2.12. The van der Waals surface area contributed by atoms with Crippen LogP contribution in [0.3, 0.4) is 0 Å². The Morgan fingerprint density at radius 2 is 2.62 bits per heavy atom. The van der Waals surface area contributed by atoms with Gasteiger partial charge in [-0.3, -0.25) is 0 Å². The predicted molar refractivity (Wildman–Crippen MR) is 55.4 cm³/mol. The zero-order valence-electron chi connectivity index (χ0n) is 8.52. The Balaban J connectivity index is 2.74. The lowest BCUT2D eigenvalue weighted by Crippen LogP contribution is -2.05. The smallest absolute Gasteiger partial charge is 0.209 e. The molecular formula is C7H11BN3OS. The Bertz CT molecular complexity index is 315. The molecule has 0 aliphatic carbocycles. The molecule has 1 radical (unpaired) electrons. The van der Waals surface area contributed by atoms with Gasteiger partial charge in [-0.15, -0.1) is 0 Å². The van der Waals surface area contributed by atoms with E-state index in [1.54, 1.807) is 13.1 Å². The fourth-order valence-corrected chi connectivity index (χ4v) is 1.22. The molecule has 0 saturated carbocycles. The number of nitrogen functional groups attached to an aromatic ring is 1. The molecule has 13 heavy (non-hydrogen) atoms. The van der Waals surface area contributed by atoms with E-state index in [0.29, 0.717) is 11.6 Å². The summed E-state index contributed by atoms with van der Waals surface area (Å²) in [5.41, 5.74) is 6.44. The second kappa shape index (κ2) is 4.48. The van der Waals surface area contributed by atoms with E-state index in [9.17, 15) is 0 Å². The van der Waals surface area contributed by atoms with Gasteiger partial charge in [0.25, 0.3) is 0 Å². The molecule has 1 atom stereocenters. The minimum Gasteiger partial charge on any atom is -0.383 e. The summed E-state index contributed by atoms with van der Waals surface area (Å²) >= 11 is 0.955. The molecule has 1 aromatic rings. The van der Waals surface area contributed by atoms with Crippen LogP contribution in [0.25, 0.3) is 0 Å². The van der Waals surface area contributed by atoms with E-state index in [1.807, 2.05) is 6.92 Å². The number of nitrogens with zero attached hydrogens (tertiary/aromatic N) is 2. The molecule has 0 spiro atoms. The second-order valence-electron chi connectivity index (χ2n) is 2.59. The number of hydrogen-bond acceptors (Lipinski definition) is 5. The van der Waals surface area contributed by atoms with Crippen LogP contribution in [0.4, 0.5) is 5.82 Å². The van der Waals surface area contributed by atoms with E-state index in [2.05, 4.69) is 9.97 Å². The zero-order valence-corrected chi connectivity index (χ0v) is 8.34. The summed E-state index contributed by atoms with van der Waals surface area (Å²) in [7, 11) is 1.11. The zero-order chi connectivity index (χ0) is 10.6. The largest absolute Gasteiger partial charge is 0.383 e. The molecule has 1 rings (SSSR count). The maximum atomic E-state index is 6.80. The lowest BCUT2D eigenvalue weighted by molar-refractivity contribution is 0.276.